The van der Waals surface area contributed by atoms with E-state index in [1.165, 1.54) is 34.4 Å². The fourth-order valence-corrected chi connectivity index (χ4v) is 3.63. The van der Waals surface area contributed by atoms with Crippen LogP contribution >= 0.6 is 11.8 Å². The van der Waals surface area contributed by atoms with Crippen molar-refractivity contribution in [3.8, 4) is 0 Å². The highest BCUT2D eigenvalue weighted by Gasteiger charge is 2.27. The molecule has 1 aromatic heterocycles. The molecule has 2 aromatic rings. The molecule has 1 amide bonds. The van der Waals surface area contributed by atoms with E-state index in [1.54, 1.807) is 24.3 Å². The maximum Gasteiger partial charge on any atom is 0.420 e. The largest absolute Gasteiger partial charge is 0.466 e. The summed E-state index contributed by atoms with van der Waals surface area (Å²) in [5.41, 5.74) is 0.914. The molecule has 148 valence electrons. The SMILES string of the molecule is COC(=O)/C=C1/SCC(=O)N1CCCOC(=O)Cn1c(=O)oc2ccccc21. The summed E-state index contributed by atoms with van der Waals surface area (Å²) in [7, 11) is 1.26. The maximum absolute atomic E-state index is 12.0. The summed E-state index contributed by atoms with van der Waals surface area (Å²) in [5, 5.41) is 0.514. The van der Waals surface area contributed by atoms with Crippen LogP contribution in [0.2, 0.25) is 0 Å². The van der Waals surface area contributed by atoms with Gasteiger partial charge in [-0.05, 0) is 18.6 Å². The Labute approximate surface area is 163 Å². The van der Waals surface area contributed by atoms with Crippen LogP contribution in [0.25, 0.3) is 11.1 Å². The first-order valence-electron chi connectivity index (χ1n) is 8.46. The number of amides is 1. The minimum absolute atomic E-state index is 0.0727. The Morgan fingerprint density at radius 1 is 1.29 bits per heavy atom. The van der Waals surface area contributed by atoms with E-state index in [9.17, 15) is 19.2 Å². The first-order valence-corrected chi connectivity index (χ1v) is 9.45. The summed E-state index contributed by atoms with van der Waals surface area (Å²) in [6.45, 7) is 0.113. The van der Waals surface area contributed by atoms with Gasteiger partial charge in [0.2, 0.25) is 5.91 Å². The fraction of sp³-hybridized carbons (Fsp3) is 0.333. The number of ether oxygens (including phenoxy) is 2. The molecule has 0 bridgehead atoms. The number of oxazole rings is 1. The van der Waals surface area contributed by atoms with Crippen molar-refractivity contribution in [3.63, 3.8) is 0 Å². The zero-order valence-corrected chi connectivity index (χ0v) is 15.9. The lowest BCUT2D eigenvalue weighted by molar-refractivity contribution is -0.144. The third kappa shape index (κ3) is 4.45. The molecule has 0 spiro atoms. The monoisotopic (exact) mass is 406 g/mol. The summed E-state index contributed by atoms with van der Waals surface area (Å²) in [6.07, 6.45) is 1.65. The van der Waals surface area contributed by atoms with Crippen molar-refractivity contribution in [1.82, 2.24) is 9.47 Å². The quantitative estimate of drug-likeness (QED) is 0.382. The van der Waals surface area contributed by atoms with Crippen LogP contribution in [-0.2, 0) is 30.4 Å². The Bertz CT molecular complexity index is 991. The average molecular weight is 406 g/mol. The smallest absolute Gasteiger partial charge is 0.420 e. The van der Waals surface area contributed by atoms with Gasteiger partial charge in [0.25, 0.3) is 0 Å². The summed E-state index contributed by atoms with van der Waals surface area (Å²) in [6, 6.07) is 6.79. The minimum Gasteiger partial charge on any atom is -0.466 e. The van der Waals surface area contributed by atoms with Crippen molar-refractivity contribution in [2.45, 2.75) is 13.0 Å². The standard InChI is InChI=1S/C18H18N2O7S/c1-25-16(22)9-15-19(14(21)11-28-15)7-4-8-26-17(23)10-20-12-5-2-3-6-13(12)27-18(20)24/h2-3,5-6,9H,4,7-8,10-11H2,1H3/b15-9+. The van der Waals surface area contributed by atoms with Gasteiger partial charge in [0.1, 0.15) is 6.54 Å². The van der Waals surface area contributed by atoms with Crippen LogP contribution in [0, 0.1) is 0 Å². The van der Waals surface area contributed by atoms with Crippen molar-refractivity contribution in [2.24, 2.45) is 0 Å². The molecule has 0 unspecified atom stereocenters. The van der Waals surface area contributed by atoms with Gasteiger partial charge in [-0.1, -0.05) is 23.9 Å². The molecule has 1 aromatic carbocycles. The van der Waals surface area contributed by atoms with Gasteiger partial charge in [0.05, 0.1) is 36.1 Å². The zero-order chi connectivity index (χ0) is 20.1. The normalized spacial score (nSPS) is 15.4. The summed E-state index contributed by atoms with van der Waals surface area (Å²) in [5.74, 6) is -1.62. The highest BCUT2D eigenvalue weighted by molar-refractivity contribution is 8.04. The highest BCUT2D eigenvalue weighted by Crippen LogP contribution is 2.28. The van der Waals surface area contributed by atoms with Gasteiger partial charge in [-0.15, -0.1) is 0 Å². The van der Waals surface area contributed by atoms with Crippen molar-refractivity contribution in [1.29, 1.82) is 0 Å². The van der Waals surface area contributed by atoms with Crippen molar-refractivity contribution < 1.29 is 28.3 Å². The third-order valence-corrected chi connectivity index (χ3v) is 5.03. The predicted molar refractivity (Wildman–Crippen MR) is 100 cm³/mol. The third-order valence-electron chi connectivity index (χ3n) is 4.00. The van der Waals surface area contributed by atoms with E-state index >= 15 is 0 Å². The number of carbonyl (C=O) groups excluding carboxylic acids is 3. The molecule has 10 heteroatoms. The number of rotatable bonds is 7. The van der Waals surface area contributed by atoms with Crippen molar-refractivity contribution in [2.75, 3.05) is 26.0 Å². The summed E-state index contributed by atoms with van der Waals surface area (Å²) < 4.78 is 16.0. The van der Waals surface area contributed by atoms with Crippen molar-refractivity contribution >= 4 is 40.7 Å². The number of thioether (sulfide) groups is 1. The van der Waals surface area contributed by atoms with E-state index in [0.29, 0.717) is 29.1 Å². The molecule has 0 saturated carbocycles. The highest BCUT2D eigenvalue weighted by atomic mass is 32.2. The Hall–Kier alpha value is -3.01. The second-order valence-electron chi connectivity index (χ2n) is 5.84. The van der Waals surface area contributed by atoms with Gasteiger partial charge in [0, 0.05) is 6.54 Å². The number of para-hydroxylation sites is 2. The second kappa shape index (κ2) is 8.79. The number of benzene rings is 1. The number of esters is 2. The van der Waals surface area contributed by atoms with Crippen molar-refractivity contribution in [3.05, 3.63) is 45.9 Å². The molecule has 0 aliphatic carbocycles. The Morgan fingerprint density at radius 2 is 2.07 bits per heavy atom. The van der Waals surface area contributed by atoms with Crippen LogP contribution in [-0.4, -0.2) is 53.3 Å². The van der Waals surface area contributed by atoms with Crippen LogP contribution in [0.1, 0.15) is 6.42 Å². The predicted octanol–water partition coefficient (Wildman–Crippen LogP) is 1.12. The summed E-state index contributed by atoms with van der Waals surface area (Å²) in [4.78, 5) is 48.6. The summed E-state index contributed by atoms with van der Waals surface area (Å²) >= 11 is 1.25. The van der Waals surface area contributed by atoms with Gasteiger partial charge >= 0.3 is 17.7 Å². The molecule has 0 atom stereocenters. The van der Waals surface area contributed by atoms with Crippen LogP contribution in [0.4, 0.5) is 0 Å². The first-order chi connectivity index (χ1) is 13.5. The van der Waals surface area contributed by atoms with Crippen LogP contribution in [0.5, 0.6) is 0 Å². The fourth-order valence-electron chi connectivity index (χ4n) is 2.68. The molecule has 1 saturated heterocycles. The maximum atomic E-state index is 12.0. The van der Waals surface area contributed by atoms with Crippen LogP contribution < -0.4 is 5.76 Å². The van der Waals surface area contributed by atoms with E-state index in [-0.39, 0.29) is 24.8 Å². The molecular formula is C18H18N2O7S. The van der Waals surface area contributed by atoms with E-state index < -0.39 is 17.7 Å². The number of nitrogens with zero attached hydrogens (tertiary/aromatic N) is 2. The lowest BCUT2D eigenvalue weighted by atomic mass is 10.3. The number of methoxy groups -OCH3 is 1. The van der Waals surface area contributed by atoms with E-state index in [1.807, 2.05) is 0 Å². The minimum atomic E-state index is -0.629. The molecule has 0 radical (unpaired) electrons. The topological polar surface area (TPSA) is 108 Å². The van der Waals surface area contributed by atoms with Crippen LogP contribution in [0.3, 0.4) is 0 Å². The van der Waals surface area contributed by atoms with Gasteiger partial charge in [0.15, 0.2) is 5.58 Å². The molecule has 3 rings (SSSR count). The Balaban J connectivity index is 1.51. The molecule has 1 aliphatic heterocycles. The molecule has 2 heterocycles. The number of aromatic nitrogens is 1. The number of fused-ring (bicyclic) bond motifs is 1. The van der Waals surface area contributed by atoms with Gasteiger partial charge < -0.3 is 18.8 Å². The lowest BCUT2D eigenvalue weighted by Gasteiger charge is -2.16. The Morgan fingerprint density at radius 3 is 2.86 bits per heavy atom. The zero-order valence-electron chi connectivity index (χ0n) is 15.1. The van der Waals surface area contributed by atoms with Gasteiger partial charge in [-0.3, -0.25) is 14.2 Å². The number of hydrogen-bond donors (Lipinski definition) is 0. The number of carbonyl (C=O) groups is 3. The second-order valence-corrected chi connectivity index (χ2v) is 6.83. The van der Waals surface area contributed by atoms with Gasteiger partial charge in [-0.25, -0.2) is 9.59 Å². The molecule has 28 heavy (non-hydrogen) atoms. The average Bonchev–Trinajstić information content (AvgIpc) is 3.18. The van der Waals surface area contributed by atoms with Crippen LogP contribution in [0.15, 0.2) is 44.6 Å². The Kier molecular flexibility index (Phi) is 6.19. The van der Waals surface area contributed by atoms with E-state index in [4.69, 9.17) is 9.15 Å². The molecular weight excluding hydrogens is 388 g/mol. The number of hydrogen-bond acceptors (Lipinski definition) is 8. The first kappa shape index (κ1) is 19.7. The molecule has 1 aliphatic rings. The van der Waals surface area contributed by atoms with E-state index in [0.717, 1.165) is 0 Å². The lowest BCUT2D eigenvalue weighted by Crippen LogP contribution is -2.27. The van der Waals surface area contributed by atoms with Gasteiger partial charge in [-0.2, -0.15) is 0 Å². The molecule has 0 N–H and O–H groups in total. The molecule has 9 nitrogen and oxygen atoms in total. The van der Waals surface area contributed by atoms with E-state index in [2.05, 4.69) is 4.74 Å². The molecule has 1 fully saturated rings.